The molecular weight excluding hydrogens is 1400 g/mol. The minimum Gasteiger partial charge on any atom is -0.455 e. The number of aromatic amines is 1. The second-order valence-electron chi connectivity index (χ2n) is 31.3. The van der Waals surface area contributed by atoms with E-state index in [9.17, 15) is 42.8 Å². The van der Waals surface area contributed by atoms with Crippen LogP contribution in [0.2, 0.25) is 5.02 Å². The van der Waals surface area contributed by atoms with E-state index in [1.165, 1.54) is 39.9 Å². The van der Waals surface area contributed by atoms with Crippen LogP contribution in [0.3, 0.4) is 0 Å². The van der Waals surface area contributed by atoms with Crippen LogP contribution >= 0.6 is 22.9 Å². The fraction of sp³-hybridized carbons (Fsp3) is 0.500. The predicted molar refractivity (Wildman–Crippen MR) is 417 cm³/mol. The van der Waals surface area contributed by atoms with Gasteiger partial charge in [0.15, 0.2) is 0 Å². The van der Waals surface area contributed by atoms with Gasteiger partial charge in [0.1, 0.15) is 34.9 Å². The van der Waals surface area contributed by atoms with Gasteiger partial charge in [-0.2, -0.15) is 0 Å². The van der Waals surface area contributed by atoms with Crippen molar-refractivity contribution in [3.05, 3.63) is 158 Å². The van der Waals surface area contributed by atoms with Crippen molar-refractivity contribution in [2.45, 2.75) is 167 Å². The number of hydrogen-bond acceptors (Lipinski definition) is 18. The molecular formula is C80H102ClN13O10S2. The number of thiazole rings is 1. The number of aliphatic hydroxyl groups is 1. The van der Waals surface area contributed by atoms with Gasteiger partial charge in [-0.05, 0) is 185 Å². The molecule has 0 spiro atoms. The zero-order valence-corrected chi connectivity index (χ0v) is 64.2. The number of unbranched alkanes of at least 4 members (excludes halogenated alkanes) is 4. The molecule has 1 aliphatic carbocycles. The number of β-amino-alcohol motifs (C(OH)–C–C–N with tert-alkyl or cyclic N) is 1. The van der Waals surface area contributed by atoms with Crippen molar-refractivity contribution in [1.29, 1.82) is 0 Å². The number of ether oxygens (including phenoxy) is 1. The number of piperazine rings is 1. The molecule has 3 aromatic heterocycles. The Morgan fingerprint density at radius 2 is 1.58 bits per heavy atom. The molecule has 4 saturated heterocycles. The molecule has 0 unspecified atom stereocenters. The number of aryl methyl sites for hydroxylation is 1. The van der Waals surface area contributed by atoms with Gasteiger partial charge in [0.2, 0.25) is 17.7 Å². The van der Waals surface area contributed by atoms with Gasteiger partial charge in [0, 0.05) is 106 Å². The third-order valence-electron chi connectivity index (χ3n) is 21.9. The zero-order chi connectivity index (χ0) is 74.9. The van der Waals surface area contributed by atoms with E-state index < -0.39 is 55.0 Å². The molecule has 0 radical (unpaired) electrons. The molecule has 6 N–H and O–H groups in total. The van der Waals surface area contributed by atoms with Crippen LogP contribution < -0.4 is 30.3 Å². The summed E-state index contributed by atoms with van der Waals surface area (Å²) in [7, 11) is -4.63. The lowest BCUT2D eigenvalue weighted by Crippen LogP contribution is -2.57. The van der Waals surface area contributed by atoms with Crippen LogP contribution in [0, 0.1) is 33.8 Å². The van der Waals surface area contributed by atoms with E-state index in [0.717, 1.165) is 167 Å². The molecule has 4 aliphatic heterocycles. The molecule has 4 aromatic carbocycles. The fourth-order valence-electron chi connectivity index (χ4n) is 15.6. The van der Waals surface area contributed by atoms with Crippen LogP contribution in [-0.2, 0) is 31.0 Å². The van der Waals surface area contributed by atoms with Gasteiger partial charge in [0.25, 0.3) is 21.6 Å². The smallest absolute Gasteiger partial charge is 0.293 e. The second-order valence-corrected chi connectivity index (χ2v) is 34.3. The molecule has 3 atom stereocenters. The number of piperidine rings is 2. The zero-order valence-electron chi connectivity index (χ0n) is 61.8. The summed E-state index contributed by atoms with van der Waals surface area (Å²) in [5.74, 6) is -1.17. The van der Waals surface area contributed by atoms with E-state index in [-0.39, 0.29) is 65.6 Å². The summed E-state index contributed by atoms with van der Waals surface area (Å²) in [6, 6.07) is 27.3. The molecule has 26 heteroatoms. The molecule has 5 aliphatic rings. The number of H-pyrrole nitrogens is 1. The van der Waals surface area contributed by atoms with E-state index in [0.29, 0.717) is 49.9 Å². The maximum Gasteiger partial charge on any atom is 0.293 e. The lowest BCUT2D eigenvalue weighted by atomic mass is 9.72. The summed E-state index contributed by atoms with van der Waals surface area (Å²) in [6.07, 6.45) is 14.7. The highest BCUT2D eigenvalue weighted by atomic mass is 35.5. The molecule has 4 amide bonds. The number of likely N-dealkylation sites (tertiary alicyclic amines) is 3. The normalized spacial score (nSPS) is 19.1. The number of carbonyl (C=O) groups is 4. The number of nitro benzene ring substituents is 1. The molecule has 0 saturated carbocycles. The maximum atomic E-state index is 14.3. The number of aliphatic hydroxyl groups excluding tert-OH is 1. The minimum atomic E-state index is -4.63. The highest BCUT2D eigenvalue weighted by molar-refractivity contribution is 7.90. The topological polar surface area (TPSA) is 281 Å². The summed E-state index contributed by atoms with van der Waals surface area (Å²) in [6.45, 7) is 21.9. The average Bonchev–Trinajstić information content (AvgIpc) is 1.10. The third-order valence-corrected chi connectivity index (χ3v) is 24.5. The summed E-state index contributed by atoms with van der Waals surface area (Å²) >= 11 is 7.87. The lowest BCUT2D eigenvalue weighted by molar-refractivity contribution is -0.384. The number of carbonyl (C=O) groups excluding carboxylic acids is 4. The van der Waals surface area contributed by atoms with Gasteiger partial charge in [-0.3, -0.25) is 34.2 Å². The van der Waals surface area contributed by atoms with Gasteiger partial charge >= 0.3 is 0 Å². The SMILES string of the molecule is Cc1ncsc1-c1ccc(CNC(=O)[C@@H]2C[C@@H](O)CN2C(=O)[C@@H](NC(=O)CCCCCCCN2CCC(N3CCC(CNc4ccc(S(=O)(=O)NC(=O)c5ccc(N6CCN(CC7=C(c8ccc(Cl)cc8)CC(C)(C)CC7)CC6)cc5Oc5cnc6[nH]ccc6c5)cc4[N+](=O)[O-])CC3)CC2)C(C)(C)C)cc1. The van der Waals surface area contributed by atoms with Gasteiger partial charge in [-0.1, -0.05) is 107 Å². The maximum absolute atomic E-state index is 14.3. The van der Waals surface area contributed by atoms with Crippen LogP contribution in [0.4, 0.5) is 17.1 Å². The summed E-state index contributed by atoms with van der Waals surface area (Å²) < 4.78 is 36.8. The number of sulfonamides is 1. The Bertz CT molecular complexity index is 4400. The number of amides is 4. The quantitative estimate of drug-likeness (QED) is 0.0151. The fourth-order valence-corrected chi connectivity index (χ4v) is 17.6. The van der Waals surface area contributed by atoms with Crippen molar-refractivity contribution in [3.63, 3.8) is 0 Å². The largest absolute Gasteiger partial charge is 0.455 e. The van der Waals surface area contributed by atoms with E-state index in [4.69, 9.17) is 16.3 Å². The van der Waals surface area contributed by atoms with Crippen molar-refractivity contribution >= 4 is 90.3 Å². The molecule has 4 fully saturated rings. The van der Waals surface area contributed by atoms with Crippen LogP contribution in [0.25, 0.3) is 27.0 Å². The standard InChI is InChI=1S/C80H102ClN13O10S2/c1-53-73(105-52-86-53)57-15-13-54(14-16-57)48-85-77(98)70-44-63(95)51-93(70)78(99)74(79(2,3)4)87-72(96)12-10-8-7-9-11-33-89-34-29-61(30-35-89)91-36-27-55(28-37-91)47-83-68-24-22-65(45-69(68)94(100)101)106(102,103)88-76(97)66-23-21-62(43-71(66)104-64-42-58-26-32-82-75(58)84-49-64)92-40-38-90(39-41-92)50-59-25-31-80(5,6)46-67(59)56-17-19-60(81)20-18-56/h13-24,26,32,42-43,45,49,52,55,61,63,70,74,83,95H,7-12,25,27-31,33-41,44,46-48,50-51H2,1-6H3,(H,82,84)(H,85,98)(H,87,96)(H,88,97)/t63-,70+,74-/m1/s1. The highest BCUT2D eigenvalue weighted by Gasteiger charge is 2.45. The number of allylic oxidation sites excluding steroid dienone is 1. The molecule has 566 valence electrons. The van der Waals surface area contributed by atoms with Gasteiger partial charge in [-0.25, -0.2) is 23.1 Å². The molecule has 106 heavy (non-hydrogen) atoms. The Morgan fingerprint density at radius 3 is 2.29 bits per heavy atom. The number of rotatable bonds is 28. The lowest BCUT2D eigenvalue weighted by Gasteiger charge is -2.42. The van der Waals surface area contributed by atoms with E-state index in [1.54, 1.807) is 41.8 Å². The van der Waals surface area contributed by atoms with Crippen molar-refractivity contribution in [3.8, 4) is 21.9 Å². The second kappa shape index (κ2) is 34.3. The van der Waals surface area contributed by atoms with E-state index >= 15 is 0 Å². The van der Waals surface area contributed by atoms with Crippen molar-refractivity contribution < 1.29 is 42.4 Å². The Morgan fingerprint density at radius 1 is 0.849 bits per heavy atom. The molecule has 23 nitrogen and oxygen atoms in total. The molecule has 12 rings (SSSR count). The minimum absolute atomic E-state index is 0.0170. The number of hydrogen-bond donors (Lipinski definition) is 6. The first-order chi connectivity index (χ1) is 50.8. The highest BCUT2D eigenvalue weighted by Crippen LogP contribution is 2.44. The Hall–Kier alpha value is -8.30. The van der Waals surface area contributed by atoms with Crippen molar-refractivity contribution in [2.75, 3.05) is 88.8 Å². The summed E-state index contributed by atoms with van der Waals surface area (Å²) in [5, 5.41) is 34.0. The van der Waals surface area contributed by atoms with Gasteiger partial charge < -0.3 is 50.4 Å². The number of pyridine rings is 1. The molecule has 0 bridgehead atoms. The van der Waals surface area contributed by atoms with Crippen LogP contribution in [0.15, 0.2) is 125 Å². The predicted octanol–water partition coefficient (Wildman–Crippen LogP) is 13.0. The number of aromatic nitrogens is 3. The van der Waals surface area contributed by atoms with E-state index in [1.807, 2.05) is 75.7 Å². The number of anilines is 2. The number of nitro groups is 1. The number of fused-ring (bicyclic) bond motifs is 1. The van der Waals surface area contributed by atoms with Crippen LogP contribution in [0.1, 0.15) is 152 Å². The van der Waals surface area contributed by atoms with Crippen LogP contribution in [-0.4, -0.2) is 179 Å². The van der Waals surface area contributed by atoms with Crippen molar-refractivity contribution in [1.82, 2.24) is 49.9 Å². The third kappa shape index (κ3) is 19.7. The first-order valence-corrected chi connectivity index (χ1v) is 40.3. The number of nitrogens with one attached hydrogen (secondary N) is 5. The number of benzene rings is 4. The average molecular weight is 1510 g/mol. The Labute approximate surface area is 631 Å². The first kappa shape index (κ1) is 77.3. The molecule has 7 heterocycles. The Kier molecular flexibility index (Phi) is 25.0. The van der Waals surface area contributed by atoms with Gasteiger partial charge in [0.05, 0.1) is 43.8 Å². The summed E-state index contributed by atoms with van der Waals surface area (Å²) in [4.78, 5) is 91.2. The van der Waals surface area contributed by atoms with Crippen molar-refractivity contribution in [2.24, 2.45) is 16.7 Å². The van der Waals surface area contributed by atoms with E-state index in [2.05, 4.69) is 81.2 Å². The van der Waals surface area contributed by atoms with Gasteiger partial charge in [-0.15, -0.1) is 11.3 Å². The Balaban J connectivity index is 0.559. The number of halogens is 1. The molecule has 7 aromatic rings. The monoisotopic (exact) mass is 1500 g/mol. The van der Waals surface area contributed by atoms with Crippen LogP contribution in [0.5, 0.6) is 11.5 Å². The summed E-state index contributed by atoms with van der Waals surface area (Å²) in [5.41, 5.74) is 9.57. The first-order valence-electron chi connectivity index (χ1n) is 37.6. The number of nitrogens with zero attached hydrogens (tertiary/aromatic N) is 8.